The Kier molecular flexibility index (Phi) is 4.48. The number of carbonyl (C=O) groups is 1. The Morgan fingerprint density at radius 1 is 1.35 bits per heavy atom. The molecule has 0 saturated carbocycles. The third-order valence-electron chi connectivity index (χ3n) is 4.63. The predicted molar refractivity (Wildman–Crippen MR) is 89.8 cm³/mol. The van der Waals surface area contributed by atoms with E-state index in [9.17, 15) is 4.79 Å². The van der Waals surface area contributed by atoms with Crippen molar-refractivity contribution in [2.24, 2.45) is 5.73 Å². The number of nitrogens with two attached hydrogens (primary N) is 1. The highest BCUT2D eigenvalue weighted by Gasteiger charge is 2.35. The van der Waals surface area contributed by atoms with Crippen LogP contribution in [0.2, 0.25) is 0 Å². The van der Waals surface area contributed by atoms with Gasteiger partial charge in [0.05, 0.1) is 12.2 Å². The Bertz CT molecular complexity index is 680. The molecule has 5 nitrogen and oxygen atoms in total. The summed E-state index contributed by atoms with van der Waals surface area (Å²) in [7, 11) is 0. The minimum atomic E-state index is -0.360. The third-order valence-corrected chi connectivity index (χ3v) is 4.63. The Hall–Kier alpha value is -2.14. The number of amides is 1. The van der Waals surface area contributed by atoms with Gasteiger partial charge < -0.3 is 5.73 Å². The van der Waals surface area contributed by atoms with Crippen molar-refractivity contribution in [2.75, 3.05) is 6.54 Å². The Morgan fingerprint density at radius 3 is 2.70 bits per heavy atom. The molecule has 23 heavy (non-hydrogen) atoms. The first kappa shape index (κ1) is 15.7. The highest BCUT2D eigenvalue weighted by Crippen LogP contribution is 2.30. The number of hydrogen-bond donors (Lipinski definition) is 1. The van der Waals surface area contributed by atoms with Gasteiger partial charge in [-0.1, -0.05) is 30.3 Å². The minimum Gasteiger partial charge on any atom is -0.368 e. The van der Waals surface area contributed by atoms with Crippen LogP contribution < -0.4 is 5.73 Å². The molecule has 0 aliphatic carbocycles. The number of nitrogens with zero attached hydrogens (tertiary/aromatic N) is 3. The van der Waals surface area contributed by atoms with Gasteiger partial charge in [-0.2, -0.15) is 5.10 Å². The Morgan fingerprint density at radius 2 is 2.09 bits per heavy atom. The van der Waals surface area contributed by atoms with Gasteiger partial charge in [-0.05, 0) is 44.9 Å². The molecule has 0 spiro atoms. The summed E-state index contributed by atoms with van der Waals surface area (Å²) in [5.41, 5.74) is 8.89. The van der Waals surface area contributed by atoms with Crippen LogP contribution in [0.3, 0.4) is 0 Å². The van der Waals surface area contributed by atoms with Crippen molar-refractivity contribution in [3.8, 4) is 0 Å². The van der Waals surface area contributed by atoms with E-state index in [-0.39, 0.29) is 18.0 Å². The molecule has 1 amide bonds. The summed E-state index contributed by atoms with van der Waals surface area (Å²) in [6.07, 6.45) is 2.15. The zero-order valence-corrected chi connectivity index (χ0v) is 13.8. The first-order valence-electron chi connectivity index (χ1n) is 8.17. The van der Waals surface area contributed by atoms with Crippen LogP contribution in [0.15, 0.2) is 36.4 Å². The quantitative estimate of drug-likeness (QED) is 0.920. The van der Waals surface area contributed by atoms with Gasteiger partial charge >= 0.3 is 0 Å². The molecular formula is C18H24N4O. The molecule has 1 fully saturated rings. The summed E-state index contributed by atoms with van der Waals surface area (Å²) in [6, 6.07) is 11.8. The fraction of sp³-hybridized carbons (Fsp3) is 0.444. The van der Waals surface area contributed by atoms with Gasteiger partial charge in [0.15, 0.2) is 0 Å². The van der Waals surface area contributed by atoms with Gasteiger partial charge in [0.2, 0.25) is 5.91 Å². The molecule has 2 atom stereocenters. The topological polar surface area (TPSA) is 64.2 Å². The van der Waals surface area contributed by atoms with E-state index in [0.717, 1.165) is 42.9 Å². The van der Waals surface area contributed by atoms with Crippen LogP contribution >= 0.6 is 0 Å². The van der Waals surface area contributed by atoms with Gasteiger partial charge in [0, 0.05) is 11.7 Å². The first-order chi connectivity index (χ1) is 11.1. The van der Waals surface area contributed by atoms with Crippen molar-refractivity contribution in [3.63, 3.8) is 0 Å². The molecular weight excluding hydrogens is 288 g/mol. The van der Waals surface area contributed by atoms with E-state index >= 15 is 0 Å². The number of aromatic nitrogens is 2. The van der Waals surface area contributed by atoms with E-state index < -0.39 is 0 Å². The molecule has 0 bridgehead atoms. The van der Waals surface area contributed by atoms with Crippen LogP contribution in [0.25, 0.3) is 0 Å². The number of primary amides is 1. The highest BCUT2D eigenvalue weighted by molar-refractivity contribution is 5.81. The average Bonchev–Trinajstić information content (AvgIpc) is 3.08. The molecule has 1 aliphatic rings. The van der Waals surface area contributed by atoms with E-state index in [1.165, 1.54) is 0 Å². The Labute approximate surface area is 137 Å². The molecule has 2 heterocycles. The molecule has 0 unspecified atom stereocenters. The van der Waals surface area contributed by atoms with Crippen LogP contribution in [0.4, 0.5) is 0 Å². The number of rotatable bonds is 5. The fourth-order valence-corrected chi connectivity index (χ4v) is 3.61. The number of aryl methyl sites for hydroxylation is 2. The zero-order valence-electron chi connectivity index (χ0n) is 13.8. The van der Waals surface area contributed by atoms with E-state index in [0.29, 0.717) is 0 Å². The minimum absolute atomic E-state index is 0.281. The molecule has 0 radical (unpaired) electrons. The average molecular weight is 312 g/mol. The van der Waals surface area contributed by atoms with Gasteiger partial charge in [-0.3, -0.25) is 14.4 Å². The summed E-state index contributed by atoms with van der Waals surface area (Å²) >= 11 is 0. The highest BCUT2D eigenvalue weighted by atomic mass is 16.1. The standard InChI is InChI=1S/C18H24N4O/c1-13-11-14(2)22(20-13)12-16-9-6-10-21(16)17(18(19)23)15-7-4-3-5-8-15/h3-5,7-8,11,16-17H,6,9-10,12H2,1-2H3,(H2,19,23)/t16-,17+/m0/s1. The van der Waals surface area contributed by atoms with Gasteiger partial charge in [-0.15, -0.1) is 0 Å². The number of hydrogen-bond acceptors (Lipinski definition) is 3. The molecule has 2 aromatic rings. The second kappa shape index (κ2) is 6.54. The van der Waals surface area contributed by atoms with Crippen molar-refractivity contribution >= 4 is 5.91 Å². The molecule has 3 rings (SSSR count). The largest absolute Gasteiger partial charge is 0.368 e. The number of likely N-dealkylation sites (tertiary alicyclic amines) is 1. The van der Waals surface area contributed by atoms with Crippen LogP contribution in [0.1, 0.15) is 35.8 Å². The van der Waals surface area contributed by atoms with Crippen molar-refractivity contribution in [1.29, 1.82) is 0 Å². The van der Waals surface area contributed by atoms with Crippen LogP contribution in [-0.4, -0.2) is 33.2 Å². The summed E-state index contributed by atoms with van der Waals surface area (Å²) in [6.45, 7) is 5.77. The lowest BCUT2D eigenvalue weighted by molar-refractivity contribution is -0.124. The maximum absolute atomic E-state index is 12.1. The maximum atomic E-state index is 12.1. The van der Waals surface area contributed by atoms with Crippen molar-refractivity contribution in [2.45, 2.75) is 45.3 Å². The van der Waals surface area contributed by atoms with Crippen LogP contribution in [0.5, 0.6) is 0 Å². The van der Waals surface area contributed by atoms with Crippen molar-refractivity contribution < 1.29 is 4.79 Å². The predicted octanol–water partition coefficient (Wildman–Crippen LogP) is 2.19. The molecule has 1 aromatic carbocycles. The molecule has 122 valence electrons. The summed E-state index contributed by atoms with van der Waals surface area (Å²) in [4.78, 5) is 14.4. The number of benzene rings is 1. The fourth-order valence-electron chi connectivity index (χ4n) is 3.61. The smallest absolute Gasteiger partial charge is 0.239 e. The molecule has 1 aromatic heterocycles. The van der Waals surface area contributed by atoms with E-state index in [4.69, 9.17) is 5.73 Å². The van der Waals surface area contributed by atoms with Crippen molar-refractivity contribution in [3.05, 3.63) is 53.3 Å². The molecule has 1 aliphatic heterocycles. The first-order valence-corrected chi connectivity index (χ1v) is 8.17. The SMILES string of the molecule is Cc1cc(C)n(C[C@@H]2CCCN2[C@@H](C(N)=O)c2ccccc2)n1. The van der Waals surface area contributed by atoms with E-state index in [2.05, 4.69) is 23.0 Å². The lowest BCUT2D eigenvalue weighted by Gasteiger charge is -2.31. The second-order valence-electron chi connectivity index (χ2n) is 6.36. The normalized spacial score (nSPS) is 19.8. The van der Waals surface area contributed by atoms with E-state index in [1.807, 2.05) is 41.9 Å². The lowest BCUT2D eigenvalue weighted by Crippen LogP contribution is -2.42. The molecule has 5 heteroatoms. The van der Waals surface area contributed by atoms with Crippen molar-refractivity contribution in [1.82, 2.24) is 14.7 Å². The monoisotopic (exact) mass is 312 g/mol. The van der Waals surface area contributed by atoms with Crippen LogP contribution in [-0.2, 0) is 11.3 Å². The summed E-state index contributed by atoms with van der Waals surface area (Å²) < 4.78 is 2.04. The maximum Gasteiger partial charge on any atom is 0.239 e. The summed E-state index contributed by atoms with van der Waals surface area (Å²) in [5.74, 6) is -0.281. The van der Waals surface area contributed by atoms with Gasteiger partial charge in [0.25, 0.3) is 0 Å². The van der Waals surface area contributed by atoms with Gasteiger partial charge in [0.1, 0.15) is 6.04 Å². The van der Waals surface area contributed by atoms with E-state index in [1.54, 1.807) is 0 Å². The number of carbonyl (C=O) groups excluding carboxylic acids is 1. The molecule has 1 saturated heterocycles. The Balaban J connectivity index is 1.84. The molecule has 2 N–H and O–H groups in total. The summed E-state index contributed by atoms with van der Waals surface area (Å²) in [5, 5.41) is 4.56. The third kappa shape index (κ3) is 3.29. The van der Waals surface area contributed by atoms with Crippen LogP contribution in [0, 0.1) is 13.8 Å². The van der Waals surface area contributed by atoms with Gasteiger partial charge in [-0.25, -0.2) is 0 Å². The second-order valence-corrected chi connectivity index (χ2v) is 6.36. The lowest BCUT2D eigenvalue weighted by atomic mass is 10.0. The zero-order chi connectivity index (χ0) is 16.4.